The Morgan fingerprint density at radius 2 is 2.04 bits per heavy atom. The van der Waals surface area contributed by atoms with Crippen LogP contribution in [0.2, 0.25) is 0 Å². The lowest BCUT2D eigenvalue weighted by Gasteiger charge is -2.12. The zero-order valence-corrected chi connectivity index (χ0v) is 16.1. The van der Waals surface area contributed by atoms with E-state index in [1.165, 1.54) is 0 Å². The maximum Gasteiger partial charge on any atom is 0.250 e. The molecule has 2 N–H and O–H groups in total. The molecule has 0 aliphatic heterocycles. The van der Waals surface area contributed by atoms with Crippen molar-refractivity contribution in [3.8, 4) is 0 Å². The van der Waals surface area contributed by atoms with E-state index >= 15 is 0 Å². The molecule has 26 heavy (non-hydrogen) atoms. The summed E-state index contributed by atoms with van der Waals surface area (Å²) in [6, 6.07) is 5.36. The second kappa shape index (κ2) is 9.79. The molecule has 142 valence electrons. The third-order valence-electron chi connectivity index (χ3n) is 4.16. The van der Waals surface area contributed by atoms with Gasteiger partial charge in [-0.15, -0.1) is 0 Å². The van der Waals surface area contributed by atoms with Gasteiger partial charge < -0.3 is 19.6 Å². The highest BCUT2D eigenvalue weighted by atomic mass is 16.4. The van der Waals surface area contributed by atoms with Crippen LogP contribution in [-0.2, 0) is 13.1 Å². The Morgan fingerprint density at radius 3 is 2.69 bits per heavy atom. The zero-order chi connectivity index (χ0) is 18.9. The fourth-order valence-electron chi connectivity index (χ4n) is 2.61. The molecule has 0 aliphatic rings. The lowest BCUT2D eigenvalue weighted by molar-refractivity contribution is 0.472. The molecule has 2 rings (SSSR count). The van der Waals surface area contributed by atoms with Crippen molar-refractivity contribution < 1.29 is 4.42 Å². The Hall–Kier alpha value is -2.57. The van der Waals surface area contributed by atoms with Crippen LogP contribution < -0.4 is 16.2 Å². The minimum atomic E-state index is 0.0596. The normalized spacial score (nSPS) is 11.6. The fraction of sp³-hybridized carbons (Fsp3) is 0.526. The van der Waals surface area contributed by atoms with Crippen LogP contribution in [0.15, 0.2) is 32.4 Å². The number of hydrogen-bond donors (Lipinski definition) is 2. The van der Waals surface area contributed by atoms with Gasteiger partial charge >= 0.3 is 0 Å². The molecule has 0 aromatic carbocycles. The highest BCUT2D eigenvalue weighted by Crippen LogP contribution is 2.08. The van der Waals surface area contributed by atoms with Crippen molar-refractivity contribution in [2.75, 3.05) is 13.1 Å². The monoisotopic (exact) mass is 359 g/mol. The highest BCUT2D eigenvalue weighted by molar-refractivity contribution is 5.79. The first kappa shape index (κ1) is 19.8. The van der Waals surface area contributed by atoms with E-state index in [1.54, 1.807) is 12.1 Å². The van der Waals surface area contributed by atoms with Crippen LogP contribution in [0.25, 0.3) is 0 Å². The number of nitrogens with one attached hydrogen (secondary N) is 2. The molecule has 2 aromatic rings. The maximum atomic E-state index is 11.8. The minimum Gasteiger partial charge on any atom is -0.444 e. The second-order valence-corrected chi connectivity index (χ2v) is 6.24. The first-order valence-electron chi connectivity index (χ1n) is 9.12. The Bertz CT molecular complexity index is 772. The van der Waals surface area contributed by atoms with E-state index in [9.17, 15) is 4.79 Å². The van der Waals surface area contributed by atoms with E-state index in [0.29, 0.717) is 12.4 Å². The van der Waals surface area contributed by atoms with Crippen LogP contribution in [0.5, 0.6) is 0 Å². The molecule has 0 saturated carbocycles. The number of hydrogen-bond acceptors (Lipinski definition) is 4. The Kier molecular flexibility index (Phi) is 7.44. The molecule has 0 spiro atoms. The number of aryl methyl sites for hydroxylation is 3. The fourth-order valence-corrected chi connectivity index (χ4v) is 2.61. The molecule has 0 radical (unpaired) electrons. The molecule has 0 unspecified atom stereocenters. The third-order valence-corrected chi connectivity index (χ3v) is 4.16. The van der Waals surface area contributed by atoms with E-state index in [4.69, 9.17) is 4.42 Å². The van der Waals surface area contributed by atoms with E-state index in [2.05, 4.69) is 20.6 Å². The van der Waals surface area contributed by atoms with Crippen molar-refractivity contribution in [3.05, 3.63) is 51.6 Å². The standard InChI is InChI=1S/C19H29N5O2/c1-5-20-19(22-13-17-23-15(3)16(4)26-17)21-11-6-7-12-24-14(2)9-8-10-18(24)25/h8-10H,5-7,11-13H2,1-4H3,(H2,20,21,22). The summed E-state index contributed by atoms with van der Waals surface area (Å²) in [5, 5.41) is 6.53. The number of aromatic nitrogens is 2. The molecule has 7 nitrogen and oxygen atoms in total. The van der Waals surface area contributed by atoms with Crippen molar-refractivity contribution in [1.29, 1.82) is 0 Å². The van der Waals surface area contributed by atoms with Gasteiger partial charge in [0.1, 0.15) is 12.3 Å². The molecule has 2 aromatic heterocycles. The molecule has 0 amide bonds. The van der Waals surface area contributed by atoms with Crippen LogP contribution in [-0.4, -0.2) is 28.6 Å². The Morgan fingerprint density at radius 1 is 1.23 bits per heavy atom. The van der Waals surface area contributed by atoms with Gasteiger partial charge in [0.2, 0.25) is 5.89 Å². The van der Waals surface area contributed by atoms with Crippen LogP contribution in [0.3, 0.4) is 0 Å². The van der Waals surface area contributed by atoms with Crippen LogP contribution in [0, 0.1) is 20.8 Å². The van der Waals surface area contributed by atoms with Crippen LogP contribution in [0.1, 0.15) is 42.8 Å². The molecule has 0 atom stereocenters. The molecule has 0 bridgehead atoms. The quantitative estimate of drug-likeness (QED) is 0.429. The van der Waals surface area contributed by atoms with E-state index < -0.39 is 0 Å². The van der Waals surface area contributed by atoms with Gasteiger partial charge in [0.05, 0.1) is 5.69 Å². The summed E-state index contributed by atoms with van der Waals surface area (Å²) in [7, 11) is 0. The highest BCUT2D eigenvalue weighted by Gasteiger charge is 2.05. The summed E-state index contributed by atoms with van der Waals surface area (Å²) in [6.07, 6.45) is 1.87. The molecular formula is C19H29N5O2. The summed E-state index contributed by atoms with van der Waals surface area (Å²) < 4.78 is 7.36. The summed E-state index contributed by atoms with van der Waals surface area (Å²) >= 11 is 0. The van der Waals surface area contributed by atoms with E-state index in [1.807, 2.05) is 38.3 Å². The average molecular weight is 359 g/mol. The Labute approximate surface area is 154 Å². The number of oxazole rings is 1. The number of pyridine rings is 1. The van der Waals surface area contributed by atoms with Gasteiger partial charge in [0.15, 0.2) is 5.96 Å². The van der Waals surface area contributed by atoms with Crippen molar-refractivity contribution >= 4 is 5.96 Å². The second-order valence-electron chi connectivity index (χ2n) is 6.24. The number of nitrogens with zero attached hydrogens (tertiary/aromatic N) is 3. The first-order valence-corrected chi connectivity index (χ1v) is 9.12. The molecule has 2 heterocycles. The smallest absolute Gasteiger partial charge is 0.250 e. The third kappa shape index (κ3) is 5.75. The molecule has 0 aliphatic carbocycles. The minimum absolute atomic E-state index is 0.0596. The van der Waals surface area contributed by atoms with Crippen LogP contribution >= 0.6 is 0 Å². The summed E-state index contributed by atoms with van der Waals surface area (Å²) in [5.74, 6) is 2.20. The first-order chi connectivity index (χ1) is 12.5. The van der Waals surface area contributed by atoms with Crippen molar-refractivity contribution in [3.63, 3.8) is 0 Å². The molecular weight excluding hydrogens is 330 g/mol. The van der Waals surface area contributed by atoms with Gasteiger partial charge in [-0.05, 0) is 46.6 Å². The predicted molar refractivity (Wildman–Crippen MR) is 103 cm³/mol. The van der Waals surface area contributed by atoms with Crippen molar-refractivity contribution in [2.45, 2.75) is 53.6 Å². The van der Waals surface area contributed by atoms with Crippen LogP contribution in [0.4, 0.5) is 0 Å². The summed E-state index contributed by atoms with van der Waals surface area (Å²) in [6.45, 7) is 10.5. The van der Waals surface area contributed by atoms with E-state index in [0.717, 1.165) is 55.6 Å². The van der Waals surface area contributed by atoms with Crippen molar-refractivity contribution in [1.82, 2.24) is 20.2 Å². The van der Waals surface area contributed by atoms with Gasteiger partial charge in [-0.2, -0.15) is 0 Å². The van der Waals surface area contributed by atoms with E-state index in [-0.39, 0.29) is 5.56 Å². The number of aliphatic imine (C=N–C) groups is 1. The summed E-state index contributed by atoms with van der Waals surface area (Å²) in [4.78, 5) is 20.7. The topological polar surface area (TPSA) is 84.4 Å². The summed E-state index contributed by atoms with van der Waals surface area (Å²) in [5.41, 5.74) is 1.96. The van der Waals surface area contributed by atoms with Crippen molar-refractivity contribution in [2.24, 2.45) is 4.99 Å². The lowest BCUT2D eigenvalue weighted by atomic mass is 10.3. The number of rotatable bonds is 8. The predicted octanol–water partition coefficient (Wildman–Crippen LogP) is 2.30. The largest absolute Gasteiger partial charge is 0.444 e. The Balaban J connectivity index is 1.79. The van der Waals surface area contributed by atoms with Gasteiger partial charge in [-0.25, -0.2) is 9.98 Å². The zero-order valence-electron chi connectivity index (χ0n) is 16.1. The average Bonchev–Trinajstić information content (AvgIpc) is 2.92. The van der Waals surface area contributed by atoms with Gasteiger partial charge in [-0.3, -0.25) is 4.79 Å². The van der Waals surface area contributed by atoms with Gasteiger partial charge in [0, 0.05) is 31.4 Å². The van der Waals surface area contributed by atoms with Gasteiger partial charge in [0.25, 0.3) is 5.56 Å². The molecule has 0 saturated heterocycles. The van der Waals surface area contributed by atoms with Gasteiger partial charge in [-0.1, -0.05) is 6.07 Å². The number of guanidine groups is 1. The lowest BCUT2D eigenvalue weighted by Crippen LogP contribution is -2.37. The number of unbranched alkanes of at least 4 members (excludes halogenated alkanes) is 1. The maximum absolute atomic E-state index is 11.8. The SMILES string of the molecule is CCNC(=NCc1nc(C)c(C)o1)NCCCCn1c(C)cccc1=O. The molecule has 7 heteroatoms. The molecule has 0 fully saturated rings.